The molecule has 0 unspecified atom stereocenters. The number of hydrogen-bond donors (Lipinski definition) is 1. The number of carbonyl (C=O) groups excluding carboxylic acids is 1. The van der Waals surface area contributed by atoms with Crippen LogP contribution in [0.3, 0.4) is 0 Å². The molecule has 2 aromatic rings. The number of methoxy groups -OCH3 is 3. The predicted molar refractivity (Wildman–Crippen MR) is 110 cm³/mol. The second-order valence-corrected chi connectivity index (χ2v) is 6.51. The minimum atomic E-state index is -4.81. The zero-order valence-corrected chi connectivity index (χ0v) is 17.4. The number of benzene rings is 2. The number of halogens is 3. The summed E-state index contributed by atoms with van der Waals surface area (Å²) in [4.78, 5) is 14.1. The topological polar surface area (TPSA) is 69.3 Å². The van der Waals surface area contributed by atoms with Gasteiger partial charge in [0, 0.05) is 11.6 Å². The van der Waals surface area contributed by atoms with Crippen molar-refractivity contribution in [2.75, 3.05) is 26.2 Å². The van der Waals surface area contributed by atoms with Crippen LogP contribution in [0.15, 0.2) is 42.1 Å². The minimum Gasteiger partial charge on any atom is -0.496 e. The second kappa shape index (κ2) is 8.72. The summed E-state index contributed by atoms with van der Waals surface area (Å²) in [5.74, 6) is 0.405. The fourth-order valence-corrected chi connectivity index (χ4v) is 3.19. The van der Waals surface area contributed by atoms with Gasteiger partial charge >= 0.3 is 6.36 Å². The molecule has 3 rings (SSSR count). The van der Waals surface area contributed by atoms with Crippen LogP contribution >= 0.6 is 12.2 Å². The lowest BCUT2D eigenvalue weighted by Gasteiger charge is -2.15. The molecule has 0 spiro atoms. The van der Waals surface area contributed by atoms with Crippen molar-refractivity contribution in [3.05, 3.63) is 47.7 Å². The van der Waals surface area contributed by atoms with E-state index in [-0.39, 0.29) is 16.5 Å². The molecule has 31 heavy (non-hydrogen) atoms. The number of rotatable bonds is 6. The molecule has 0 bridgehead atoms. The summed E-state index contributed by atoms with van der Waals surface area (Å²) in [5, 5.41) is 2.87. The van der Waals surface area contributed by atoms with Gasteiger partial charge in [-0.3, -0.25) is 9.69 Å². The van der Waals surface area contributed by atoms with Gasteiger partial charge in [-0.2, -0.15) is 0 Å². The number of alkyl halides is 3. The van der Waals surface area contributed by atoms with Crippen LogP contribution in [-0.4, -0.2) is 38.7 Å². The summed E-state index contributed by atoms with van der Waals surface area (Å²) in [7, 11) is 4.43. The Balaban J connectivity index is 1.91. The Hall–Kier alpha value is -3.47. The van der Waals surface area contributed by atoms with E-state index in [0.717, 1.165) is 17.0 Å². The molecule has 1 N–H and O–H groups in total. The van der Waals surface area contributed by atoms with Crippen molar-refractivity contribution in [3.63, 3.8) is 0 Å². The summed E-state index contributed by atoms with van der Waals surface area (Å²) in [6.45, 7) is 0. The molecule has 1 fully saturated rings. The Morgan fingerprint density at radius 2 is 1.55 bits per heavy atom. The monoisotopic (exact) mass is 454 g/mol. The summed E-state index contributed by atoms with van der Waals surface area (Å²) >= 11 is 5.23. The molecule has 1 aliphatic heterocycles. The van der Waals surface area contributed by atoms with Gasteiger partial charge in [-0.1, -0.05) is 0 Å². The lowest BCUT2D eigenvalue weighted by Crippen LogP contribution is -2.30. The van der Waals surface area contributed by atoms with Crippen LogP contribution in [0, 0.1) is 0 Å². The number of nitrogens with one attached hydrogen (secondary N) is 1. The highest BCUT2D eigenvalue weighted by Crippen LogP contribution is 2.36. The van der Waals surface area contributed by atoms with Crippen LogP contribution in [-0.2, 0) is 4.79 Å². The van der Waals surface area contributed by atoms with E-state index >= 15 is 0 Å². The second-order valence-electron chi connectivity index (χ2n) is 6.12. The first-order chi connectivity index (χ1) is 14.7. The van der Waals surface area contributed by atoms with Gasteiger partial charge in [-0.05, 0) is 48.6 Å². The minimum absolute atomic E-state index is 0.0696. The first kappa shape index (κ1) is 22.2. The summed E-state index contributed by atoms with van der Waals surface area (Å²) in [6, 6.07) is 8.03. The zero-order valence-electron chi connectivity index (χ0n) is 16.6. The standard InChI is InChI=1S/C20H17F3N2O5S/c1-27-15-10-17(29-3)16(28-2)9-11(15)8-14-18(26)25(19(31)24-14)12-4-6-13(7-5-12)30-20(21,22)23/h4-10H,1-3H3,(H,24,31)/b14-8-. The molecule has 1 aliphatic rings. The largest absolute Gasteiger partial charge is 0.573 e. The first-order valence-electron chi connectivity index (χ1n) is 8.69. The number of ether oxygens (including phenoxy) is 4. The fraction of sp³-hybridized carbons (Fsp3) is 0.200. The quantitative estimate of drug-likeness (QED) is 0.525. The van der Waals surface area contributed by atoms with E-state index in [4.69, 9.17) is 26.4 Å². The number of carbonyl (C=O) groups is 1. The number of nitrogens with zero attached hydrogens (tertiary/aromatic N) is 1. The molecular weight excluding hydrogens is 437 g/mol. The lowest BCUT2D eigenvalue weighted by molar-refractivity contribution is -0.274. The third-order valence-electron chi connectivity index (χ3n) is 4.24. The third kappa shape index (κ3) is 4.82. The van der Waals surface area contributed by atoms with Crippen LogP contribution in [0.25, 0.3) is 6.08 Å². The number of thiocarbonyl (C=S) groups is 1. The molecule has 0 aromatic heterocycles. The normalized spacial score (nSPS) is 15.2. The molecule has 7 nitrogen and oxygen atoms in total. The van der Waals surface area contributed by atoms with E-state index < -0.39 is 18.0 Å². The van der Waals surface area contributed by atoms with Crippen LogP contribution < -0.4 is 29.2 Å². The predicted octanol–water partition coefficient (Wildman–Crippen LogP) is 3.87. The van der Waals surface area contributed by atoms with Crippen molar-refractivity contribution >= 4 is 35.0 Å². The molecule has 1 saturated heterocycles. The molecule has 0 saturated carbocycles. The molecule has 0 aliphatic carbocycles. The average Bonchev–Trinajstić information content (AvgIpc) is 3.00. The number of hydrogen-bond acceptors (Lipinski definition) is 6. The van der Waals surface area contributed by atoms with Gasteiger partial charge in [0.2, 0.25) is 0 Å². The van der Waals surface area contributed by atoms with Crippen molar-refractivity contribution in [3.8, 4) is 23.0 Å². The maximum atomic E-state index is 12.9. The van der Waals surface area contributed by atoms with Crippen molar-refractivity contribution in [1.29, 1.82) is 0 Å². The maximum Gasteiger partial charge on any atom is 0.573 e. The van der Waals surface area contributed by atoms with Gasteiger partial charge in [0.05, 0.1) is 27.0 Å². The lowest BCUT2D eigenvalue weighted by atomic mass is 10.1. The van der Waals surface area contributed by atoms with Gasteiger partial charge in [-0.25, -0.2) is 0 Å². The third-order valence-corrected chi connectivity index (χ3v) is 4.53. The van der Waals surface area contributed by atoms with Crippen LogP contribution in [0.5, 0.6) is 23.0 Å². The Morgan fingerprint density at radius 1 is 0.968 bits per heavy atom. The van der Waals surface area contributed by atoms with Crippen LogP contribution in [0.1, 0.15) is 5.56 Å². The number of anilines is 1. The molecule has 164 valence electrons. The summed E-state index contributed by atoms with van der Waals surface area (Å²) < 4.78 is 56.7. The van der Waals surface area contributed by atoms with Crippen molar-refractivity contribution < 1.29 is 36.9 Å². The van der Waals surface area contributed by atoms with Crippen molar-refractivity contribution in [2.24, 2.45) is 0 Å². The van der Waals surface area contributed by atoms with E-state index in [1.165, 1.54) is 39.5 Å². The molecule has 0 radical (unpaired) electrons. The van der Waals surface area contributed by atoms with Crippen molar-refractivity contribution in [1.82, 2.24) is 5.32 Å². The van der Waals surface area contributed by atoms with Crippen LogP contribution in [0.2, 0.25) is 0 Å². The van der Waals surface area contributed by atoms with Gasteiger partial charge in [0.25, 0.3) is 5.91 Å². The number of amides is 1. The SMILES string of the molecule is COc1cc(OC)c(OC)cc1/C=C1\NC(=S)N(c2ccc(OC(F)(F)F)cc2)C1=O. The Labute approximate surface area is 180 Å². The molecule has 2 aromatic carbocycles. The average molecular weight is 454 g/mol. The van der Waals surface area contributed by atoms with E-state index in [1.807, 2.05) is 0 Å². The molecule has 1 amide bonds. The Morgan fingerprint density at radius 3 is 2.10 bits per heavy atom. The van der Waals surface area contributed by atoms with E-state index in [9.17, 15) is 18.0 Å². The maximum absolute atomic E-state index is 12.9. The van der Waals surface area contributed by atoms with Crippen molar-refractivity contribution in [2.45, 2.75) is 6.36 Å². The summed E-state index contributed by atoms with van der Waals surface area (Å²) in [6.07, 6.45) is -3.28. The fourth-order valence-electron chi connectivity index (χ4n) is 2.89. The molecule has 11 heteroatoms. The molecular formula is C20H17F3N2O5S. The highest BCUT2D eigenvalue weighted by atomic mass is 32.1. The van der Waals surface area contributed by atoms with Crippen LogP contribution in [0.4, 0.5) is 18.9 Å². The zero-order chi connectivity index (χ0) is 22.8. The first-order valence-corrected chi connectivity index (χ1v) is 9.10. The molecule has 0 atom stereocenters. The van der Waals surface area contributed by atoms with Gasteiger partial charge < -0.3 is 24.3 Å². The highest BCUT2D eigenvalue weighted by molar-refractivity contribution is 7.80. The smallest absolute Gasteiger partial charge is 0.496 e. The highest BCUT2D eigenvalue weighted by Gasteiger charge is 2.33. The summed E-state index contributed by atoms with van der Waals surface area (Å²) in [5.41, 5.74) is 0.945. The van der Waals surface area contributed by atoms with E-state index in [2.05, 4.69) is 10.1 Å². The Kier molecular flexibility index (Phi) is 6.25. The Bertz CT molecular complexity index is 1040. The molecule has 1 heterocycles. The van der Waals surface area contributed by atoms with E-state index in [0.29, 0.717) is 22.8 Å². The van der Waals surface area contributed by atoms with Gasteiger partial charge in [0.1, 0.15) is 17.2 Å². The van der Waals surface area contributed by atoms with Gasteiger partial charge in [-0.15, -0.1) is 13.2 Å². The van der Waals surface area contributed by atoms with Gasteiger partial charge in [0.15, 0.2) is 16.6 Å². The van der Waals surface area contributed by atoms with E-state index in [1.54, 1.807) is 12.1 Å².